The summed E-state index contributed by atoms with van der Waals surface area (Å²) in [6.07, 6.45) is 6.32. The summed E-state index contributed by atoms with van der Waals surface area (Å²) in [5.41, 5.74) is 2.29. The molecular weight excluding hydrogens is 238 g/mol. The maximum atomic E-state index is 5.08. The first-order chi connectivity index (χ1) is 9.35. The molecule has 0 amide bonds. The Morgan fingerprint density at radius 1 is 1.32 bits per heavy atom. The third-order valence-electron chi connectivity index (χ3n) is 3.05. The number of unbranched alkanes of at least 4 members (excludes halogenated alkanes) is 1. The van der Waals surface area contributed by atoms with Crippen LogP contribution in [-0.2, 0) is 6.54 Å². The summed E-state index contributed by atoms with van der Waals surface area (Å²) in [6, 6.07) is 8.08. The summed E-state index contributed by atoms with van der Waals surface area (Å²) in [6.45, 7) is 4.13. The third-order valence-corrected chi connectivity index (χ3v) is 3.05. The van der Waals surface area contributed by atoms with E-state index in [0.29, 0.717) is 5.88 Å². The van der Waals surface area contributed by atoms with Crippen LogP contribution in [0.15, 0.2) is 36.7 Å². The standard InChI is InChI=1S/C15H21N3O/c1-3-4-9-16-11-13-6-5-10-18(13)14-7-8-15(19-2)17-12-14/h5-8,10,12,16H,3-4,9,11H2,1-2H3. The summed E-state index contributed by atoms with van der Waals surface area (Å²) in [7, 11) is 1.63. The van der Waals surface area contributed by atoms with Crippen molar-refractivity contribution in [2.45, 2.75) is 26.3 Å². The third kappa shape index (κ3) is 3.58. The molecule has 0 saturated carbocycles. The topological polar surface area (TPSA) is 39.1 Å². The number of pyridine rings is 1. The highest BCUT2D eigenvalue weighted by Gasteiger charge is 2.03. The van der Waals surface area contributed by atoms with Crippen molar-refractivity contribution in [3.8, 4) is 11.6 Å². The molecule has 2 aromatic heterocycles. The van der Waals surface area contributed by atoms with Gasteiger partial charge in [0.15, 0.2) is 0 Å². The Balaban J connectivity index is 2.05. The van der Waals surface area contributed by atoms with E-state index < -0.39 is 0 Å². The lowest BCUT2D eigenvalue weighted by Gasteiger charge is -2.10. The van der Waals surface area contributed by atoms with E-state index in [2.05, 4.69) is 40.1 Å². The van der Waals surface area contributed by atoms with E-state index in [1.54, 1.807) is 7.11 Å². The number of nitrogens with one attached hydrogen (secondary N) is 1. The Hall–Kier alpha value is -1.81. The van der Waals surface area contributed by atoms with E-state index in [1.165, 1.54) is 18.5 Å². The Kier molecular flexibility index (Phi) is 4.98. The number of nitrogens with zero attached hydrogens (tertiary/aromatic N) is 2. The van der Waals surface area contributed by atoms with Gasteiger partial charge in [-0.2, -0.15) is 0 Å². The Morgan fingerprint density at radius 3 is 2.89 bits per heavy atom. The van der Waals surface area contributed by atoms with E-state index >= 15 is 0 Å². The molecule has 0 atom stereocenters. The minimum absolute atomic E-state index is 0.638. The van der Waals surface area contributed by atoms with Crippen molar-refractivity contribution >= 4 is 0 Å². The van der Waals surface area contributed by atoms with Crippen LogP contribution in [0.1, 0.15) is 25.5 Å². The number of hydrogen-bond acceptors (Lipinski definition) is 3. The Morgan fingerprint density at radius 2 is 2.21 bits per heavy atom. The molecule has 2 heterocycles. The zero-order valence-electron chi connectivity index (χ0n) is 11.6. The number of hydrogen-bond donors (Lipinski definition) is 1. The fourth-order valence-corrected chi connectivity index (χ4v) is 1.97. The number of methoxy groups -OCH3 is 1. The van der Waals surface area contributed by atoms with E-state index in [9.17, 15) is 0 Å². The van der Waals surface area contributed by atoms with Crippen LogP contribution < -0.4 is 10.1 Å². The van der Waals surface area contributed by atoms with Gasteiger partial charge in [0.25, 0.3) is 0 Å². The minimum atomic E-state index is 0.638. The van der Waals surface area contributed by atoms with Crippen LogP contribution in [0, 0.1) is 0 Å². The molecule has 0 aliphatic heterocycles. The van der Waals surface area contributed by atoms with Crippen LogP contribution in [0.3, 0.4) is 0 Å². The van der Waals surface area contributed by atoms with Gasteiger partial charge in [-0.25, -0.2) is 4.98 Å². The van der Waals surface area contributed by atoms with Crippen molar-refractivity contribution in [2.24, 2.45) is 0 Å². The van der Waals surface area contributed by atoms with Gasteiger partial charge in [0.2, 0.25) is 5.88 Å². The molecule has 4 heteroatoms. The maximum Gasteiger partial charge on any atom is 0.213 e. The van der Waals surface area contributed by atoms with Gasteiger partial charge in [0.05, 0.1) is 19.0 Å². The first-order valence-electron chi connectivity index (χ1n) is 6.72. The average Bonchev–Trinajstić information content (AvgIpc) is 2.92. The molecule has 0 fully saturated rings. The second-order valence-electron chi connectivity index (χ2n) is 4.46. The van der Waals surface area contributed by atoms with Crippen molar-refractivity contribution in [2.75, 3.05) is 13.7 Å². The SMILES string of the molecule is CCCCNCc1cccn1-c1ccc(OC)nc1. The number of aromatic nitrogens is 2. The monoisotopic (exact) mass is 259 g/mol. The number of ether oxygens (including phenoxy) is 1. The van der Waals surface area contributed by atoms with Gasteiger partial charge in [0, 0.05) is 24.5 Å². The Bertz CT molecular complexity index is 490. The van der Waals surface area contributed by atoms with Crippen molar-refractivity contribution in [1.82, 2.24) is 14.9 Å². The first-order valence-corrected chi connectivity index (χ1v) is 6.72. The zero-order valence-corrected chi connectivity index (χ0v) is 11.6. The quantitative estimate of drug-likeness (QED) is 0.777. The second kappa shape index (κ2) is 6.95. The predicted molar refractivity (Wildman–Crippen MR) is 76.7 cm³/mol. The molecule has 2 aromatic rings. The fraction of sp³-hybridized carbons (Fsp3) is 0.400. The molecule has 0 saturated heterocycles. The average molecular weight is 259 g/mol. The first kappa shape index (κ1) is 13.6. The highest BCUT2D eigenvalue weighted by molar-refractivity contribution is 5.34. The van der Waals surface area contributed by atoms with Crippen molar-refractivity contribution in [3.05, 3.63) is 42.4 Å². The molecule has 4 nitrogen and oxygen atoms in total. The minimum Gasteiger partial charge on any atom is -0.481 e. The van der Waals surface area contributed by atoms with Crippen molar-refractivity contribution in [1.29, 1.82) is 0 Å². The summed E-state index contributed by atoms with van der Waals surface area (Å²) >= 11 is 0. The summed E-state index contributed by atoms with van der Waals surface area (Å²) in [5, 5.41) is 3.46. The van der Waals surface area contributed by atoms with Gasteiger partial charge < -0.3 is 14.6 Å². The molecule has 102 valence electrons. The lowest BCUT2D eigenvalue weighted by atomic mass is 10.3. The smallest absolute Gasteiger partial charge is 0.213 e. The summed E-state index contributed by atoms with van der Waals surface area (Å²) in [4.78, 5) is 4.24. The molecule has 0 unspecified atom stereocenters. The molecule has 0 radical (unpaired) electrons. The van der Waals surface area contributed by atoms with Gasteiger partial charge in [-0.15, -0.1) is 0 Å². The number of rotatable bonds is 7. The van der Waals surface area contributed by atoms with Gasteiger partial charge in [-0.3, -0.25) is 0 Å². The van der Waals surface area contributed by atoms with Gasteiger partial charge in [0.1, 0.15) is 0 Å². The Labute approximate surface area is 114 Å². The van der Waals surface area contributed by atoms with E-state index in [1.807, 2.05) is 18.3 Å². The molecule has 0 aromatic carbocycles. The molecule has 0 aliphatic rings. The van der Waals surface area contributed by atoms with Crippen molar-refractivity contribution in [3.63, 3.8) is 0 Å². The summed E-state index contributed by atoms with van der Waals surface area (Å²) < 4.78 is 7.22. The van der Waals surface area contributed by atoms with E-state index in [4.69, 9.17) is 4.74 Å². The van der Waals surface area contributed by atoms with Gasteiger partial charge in [-0.05, 0) is 31.2 Å². The highest BCUT2D eigenvalue weighted by atomic mass is 16.5. The lowest BCUT2D eigenvalue weighted by molar-refractivity contribution is 0.398. The molecule has 19 heavy (non-hydrogen) atoms. The van der Waals surface area contributed by atoms with Crippen LogP contribution in [-0.4, -0.2) is 23.2 Å². The van der Waals surface area contributed by atoms with Crippen molar-refractivity contribution < 1.29 is 4.74 Å². The predicted octanol–water partition coefficient (Wildman–Crippen LogP) is 2.77. The molecular formula is C15H21N3O. The van der Waals surface area contributed by atoms with Crippen LogP contribution in [0.4, 0.5) is 0 Å². The van der Waals surface area contributed by atoms with E-state index in [-0.39, 0.29) is 0 Å². The van der Waals surface area contributed by atoms with Crippen LogP contribution in [0.5, 0.6) is 5.88 Å². The van der Waals surface area contributed by atoms with Crippen LogP contribution >= 0.6 is 0 Å². The normalized spacial score (nSPS) is 10.6. The lowest BCUT2D eigenvalue weighted by Crippen LogP contribution is -2.16. The molecule has 0 bridgehead atoms. The van der Waals surface area contributed by atoms with Gasteiger partial charge >= 0.3 is 0 Å². The van der Waals surface area contributed by atoms with Crippen LogP contribution in [0.2, 0.25) is 0 Å². The fourth-order valence-electron chi connectivity index (χ4n) is 1.97. The van der Waals surface area contributed by atoms with E-state index in [0.717, 1.165) is 18.8 Å². The second-order valence-corrected chi connectivity index (χ2v) is 4.46. The molecule has 0 spiro atoms. The summed E-state index contributed by atoms with van der Waals surface area (Å²) in [5.74, 6) is 0.638. The highest BCUT2D eigenvalue weighted by Crippen LogP contribution is 2.14. The van der Waals surface area contributed by atoms with Gasteiger partial charge in [-0.1, -0.05) is 13.3 Å². The largest absolute Gasteiger partial charge is 0.481 e. The van der Waals surface area contributed by atoms with Crippen LogP contribution in [0.25, 0.3) is 5.69 Å². The molecule has 2 rings (SSSR count). The molecule has 0 aliphatic carbocycles. The zero-order chi connectivity index (χ0) is 13.5. The molecule has 1 N–H and O–H groups in total. The maximum absolute atomic E-state index is 5.08.